The maximum Gasteiger partial charge on any atom is 0.252 e. The summed E-state index contributed by atoms with van der Waals surface area (Å²) >= 11 is 0. The van der Waals surface area contributed by atoms with Gasteiger partial charge in [0.05, 0.1) is 88.5 Å². The van der Waals surface area contributed by atoms with Crippen LogP contribution in [-0.2, 0) is 16.2 Å². The molecule has 7 heteroatoms. The van der Waals surface area contributed by atoms with Crippen LogP contribution in [0.5, 0.6) is 0 Å². The van der Waals surface area contributed by atoms with Gasteiger partial charge < -0.3 is 27.7 Å². The van der Waals surface area contributed by atoms with Crippen LogP contribution in [0.1, 0.15) is 101 Å². The first-order chi connectivity index (χ1) is 71.6. The SMILES string of the molecule is [2H]c1cc2c(cc1-n1c3c([2H])c([2H])c([2H])c([2H])c3c3c([2H])c(-c4ccccc4)c([2H])c([2H])c31)N(c1c(-c3ccccc3)cc(C(C)(C)C)cc1-c1cc3c4ccccc4n4c5ccccc5c(c1)c34)c1cc(C(C)(C)C)cc3c1B2c1cc([2H])c(-n2c4c([2H])c([2H])c([2H])c([2H])c4c4c([2H])c(-c5ccccc5)c([2H])c([2H])c42)cc1N3c1c(-c2ccccc2)cc(C(C)(C)C)cc1-c1cc2c3ccccc3n3c4ccccc4c(c1)c23. The molecule has 25 aromatic rings. The number of para-hydroxylation sites is 6. The minimum atomic E-state index is -1.07. The Morgan fingerprint density at radius 3 is 0.895 bits per heavy atom. The molecule has 0 bridgehead atoms. The molecule has 0 spiro atoms. The third-order valence-corrected chi connectivity index (χ3v) is 28.3. The van der Waals surface area contributed by atoms with Crippen LogP contribution in [0.25, 0.3) is 198 Å². The van der Waals surface area contributed by atoms with Crippen molar-refractivity contribution in [2.24, 2.45) is 0 Å². The molecule has 6 aromatic heterocycles. The fourth-order valence-electron chi connectivity index (χ4n) is 22.0. The van der Waals surface area contributed by atoms with E-state index in [0.29, 0.717) is 56.2 Å². The molecule has 0 saturated heterocycles. The maximum absolute atomic E-state index is 11.5. The molecule has 2 aliphatic heterocycles. The van der Waals surface area contributed by atoms with E-state index >= 15 is 0 Å². The first-order valence-corrected chi connectivity index (χ1v) is 45.7. The summed E-state index contributed by atoms with van der Waals surface area (Å²) in [5, 5.41) is 8.09. The molecule has 8 heterocycles. The Balaban J connectivity index is 0.868. The first kappa shape index (κ1) is 62.3. The zero-order valence-electron chi connectivity index (χ0n) is 90.6. The number of aromatic nitrogens is 4. The molecule has 2 aliphatic rings. The van der Waals surface area contributed by atoms with E-state index in [1.807, 2.05) is 48.5 Å². The second kappa shape index (κ2) is 28.3. The largest absolute Gasteiger partial charge is 0.310 e. The van der Waals surface area contributed by atoms with Gasteiger partial charge in [0, 0.05) is 121 Å². The van der Waals surface area contributed by atoms with Crippen molar-refractivity contribution in [3.05, 3.63) is 417 Å². The lowest BCUT2D eigenvalue weighted by molar-refractivity contribution is 0.590. The lowest BCUT2D eigenvalue weighted by atomic mass is 9.33. The van der Waals surface area contributed by atoms with E-state index in [1.165, 1.54) is 9.13 Å². The molecule has 0 atom stereocenters. The molecule has 0 aliphatic carbocycles. The van der Waals surface area contributed by atoms with Crippen LogP contribution < -0.4 is 26.2 Å². The molecule has 0 N–H and O–H groups in total. The molecule has 27 rings (SSSR count). The quantitative estimate of drug-likeness (QED) is 0.128. The zero-order chi connectivity index (χ0) is 103. The van der Waals surface area contributed by atoms with Crippen molar-refractivity contribution < 1.29 is 21.9 Å². The van der Waals surface area contributed by atoms with E-state index in [9.17, 15) is 21.9 Å². The molecule has 0 amide bonds. The molecule has 0 unspecified atom stereocenters. The average molecular weight is 1720 g/mol. The molecular formula is C126H93BN6. The Morgan fingerprint density at radius 2 is 0.541 bits per heavy atom. The van der Waals surface area contributed by atoms with Crippen LogP contribution in [0.15, 0.2) is 400 Å². The molecule has 0 radical (unpaired) electrons. The smallest absolute Gasteiger partial charge is 0.252 e. The number of hydrogen-bond donors (Lipinski definition) is 0. The van der Waals surface area contributed by atoms with Crippen LogP contribution >= 0.6 is 0 Å². The summed E-state index contributed by atoms with van der Waals surface area (Å²) < 4.78 is 173. The number of hydrogen-bond acceptors (Lipinski definition) is 2. The van der Waals surface area contributed by atoms with Crippen molar-refractivity contribution in [3.8, 4) is 78.1 Å². The van der Waals surface area contributed by atoms with E-state index in [0.717, 1.165) is 143 Å². The predicted molar refractivity (Wildman–Crippen MR) is 567 cm³/mol. The second-order valence-corrected chi connectivity index (χ2v) is 39.0. The highest BCUT2D eigenvalue weighted by Crippen LogP contribution is 2.58. The standard InChI is InChI=1S/C126H93BN6/c1-124(2,3)84-68-95(78-38-18-12-19-39-78)120(97(70-84)82-64-101-91-44-24-30-50-109(91)130-110-51-31-25-45-92(110)102(65-82)122(101)130)132-115-74-87(128-107-48-28-22-42-89(107)99-62-80(54-60-113(99)128)76-34-14-10-15-35-76)56-58-105(115)127-106-59-57-88(129-108-49-29-23-43-90(108)100-63-81(55-61-114(100)129)77-36-16-11-17-37-77)75-116(106)133(118-73-86(126(7,8)9)72-117(132)119(118)127)121-96(79-40-20-13-21-41-79)69-85(125(4,5)6)71-98(121)83-66-103-93-46-26-32-52-111(93)131-112-53-33-27-47-94(112)104(67-83)123(103)131/h10-75H,1-9H3/i22D,23D,28D,29D,42D,43D,48D,49D,54D,55D,56D,57D,60D,61D,62D,63D. The summed E-state index contributed by atoms with van der Waals surface area (Å²) in [7, 11) is 0. The van der Waals surface area contributed by atoms with E-state index < -0.39 is 83.4 Å². The van der Waals surface area contributed by atoms with E-state index in [1.54, 1.807) is 48.5 Å². The van der Waals surface area contributed by atoms with Gasteiger partial charge >= 0.3 is 0 Å². The number of fused-ring (bicyclic) bond motifs is 22. The molecular weight excluding hydrogens is 1610 g/mol. The minimum absolute atomic E-state index is 0.0141. The van der Waals surface area contributed by atoms with E-state index in [2.05, 4.69) is 287 Å². The normalized spacial score (nSPS) is 14.8. The number of rotatable bonds is 10. The zero-order valence-corrected chi connectivity index (χ0v) is 74.6. The van der Waals surface area contributed by atoms with Crippen molar-refractivity contribution in [1.29, 1.82) is 0 Å². The average Bonchev–Trinajstić information content (AvgIpc) is 0.774. The molecule has 0 saturated carbocycles. The third kappa shape index (κ3) is 11.4. The summed E-state index contributed by atoms with van der Waals surface area (Å²) in [6.07, 6.45) is 0. The van der Waals surface area contributed by atoms with E-state index in [-0.39, 0.29) is 102 Å². The third-order valence-electron chi connectivity index (χ3n) is 28.3. The highest BCUT2D eigenvalue weighted by molar-refractivity contribution is 7.00. The lowest BCUT2D eigenvalue weighted by Crippen LogP contribution is -2.61. The van der Waals surface area contributed by atoms with Crippen LogP contribution in [0, 0.1) is 0 Å². The van der Waals surface area contributed by atoms with Crippen LogP contribution in [0.3, 0.4) is 0 Å². The summed E-state index contributed by atoms with van der Waals surface area (Å²) in [5.41, 5.74) is 20.0. The van der Waals surface area contributed by atoms with Gasteiger partial charge in [-0.2, -0.15) is 0 Å². The molecule has 630 valence electrons. The Kier molecular flexibility index (Phi) is 13.2. The van der Waals surface area contributed by atoms with Crippen molar-refractivity contribution in [3.63, 3.8) is 0 Å². The fraction of sp³-hybridized carbons (Fsp3) is 0.0952. The number of anilines is 6. The molecule has 133 heavy (non-hydrogen) atoms. The van der Waals surface area contributed by atoms with Gasteiger partial charge in [-0.1, -0.05) is 317 Å². The van der Waals surface area contributed by atoms with Gasteiger partial charge in [-0.15, -0.1) is 0 Å². The van der Waals surface area contributed by atoms with Crippen molar-refractivity contribution in [1.82, 2.24) is 17.9 Å². The summed E-state index contributed by atoms with van der Waals surface area (Å²) in [6, 6.07) is 96.8. The highest BCUT2D eigenvalue weighted by atomic mass is 15.2. The van der Waals surface area contributed by atoms with Crippen molar-refractivity contribution in [2.45, 2.75) is 78.6 Å². The summed E-state index contributed by atoms with van der Waals surface area (Å²) in [6.45, 7) is 18.9. The van der Waals surface area contributed by atoms with Crippen LogP contribution in [0.4, 0.5) is 34.1 Å². The van der Waals surface area contributed by atoms with E-state index in [4.69, 9.17) is 0 Å². The Labute approximate surface area is 795 Å². The first-order valence-electron chi connectivity index (χ1n) is 53.7. The lowest BCUT2D eigenvalue weighted by Gasteiger charge is -2.47. The van der Waals surface area contributed by atoms with Gasteiger partial charge in [-0.3, -0.25) is 0 Å². The summed E-state index contributed by atoms with van der Waals surface area (Å²) in [4.78, 5) is 4.70. The minimum Gasteiger partial charge on any atom is -0.310 e. The van der Waals surface area contributed by atoms with Gasteiger partial charge in [-0.25, -0.2) is 0 Å². The monoisotopic (exact) mass is 1720 g/mol. The predicted octanol–water partition coefficient (Wildman–Crippen LogP) is 32.2. The van der Waals surface area contributed by atoms with Gasteiger partial charge in [-0.05, 0) is 239 Å². The Hall–Kier alpha value is -16.0. The fourth-order valence-corrected chi connectivity index (χ4v) is 22.0. The van der Waals surface area contributed by atoms with Crippen molar-refractivity contribution in [2.75, 3.05) is 9.80 Å². The van der Waals surface area contributed by atoms with Crippen LogP contribution in [0.2, 0.25) is 0 Å². The van der Waals surface area contributed by atoms with Crippen LogP contribution in [-0.4, -0.2) is 24.6 Å². The highest BCUT2D eigenvalue weighted by Gasteiger charge is 2.47. The maximum atomic E-state index is 11.5. The van der Waals surface area contributed by atoms with Gasteiger partial charge in [0.25, 0.3) is 6.71 Å². The Bertz CT molecular complexity index is 9530. The van der Waals surface area contributed by atoms with Gasteiger partial charge in [0.1, 0.15) is 0 Å². The molecule has 0 fully saturated rings. The van der Waals surface area contributed by atoms with Crippen molar-refractivity contribution >= 4 is 177 Å². The Morgan fingerprint density at radius 1 is 0.233 bits per heavy atom. The van der Waals surface area contributed by atoms with Gasteiger partial charge in [0.15, 0.2) is 0 Å². The molecule has 19 aromatic carbocycles. The summed E-state index contributed by atoms with van der Waals surface area (Å²) in [5.74, 6) is 0. The number of nitrogens with zero attached hydrogens (tertiary/aromatic N) is 6. The van der Waals surface area contributed by atoms with Gasteiger partial charge in [0.2, 0.25) is 0 Å². The number of benzene rings is 19. The second-order valence-electron chi connectivity index (χ2n) is 39.0. The molecule has 6 nitrogen and oxygen atoms in total. The topological polar surface area (TPSA) is 25.2 Å².